The van der Waals surface area contributed by atoms with Crippen molar-refractivity contribution in [3.8, 4) is 0 Å². The zero-order chi connectivity index (χ0) is 23.9. The van der Waals surface area contributed by atoms with Gasteiger partial charge in [-0.05, 0) is 60.7 Å². The summed E-state index contributed by atoms with van der Waals surface area (Å²) in [7, 11) is 0. The third-order valence-electron chi connectivity index (χ3n) is 5.50. The highest BCUT2D eigenvalue weighted by Crippen LogP contribution is 2.21. The lowest BCUT2D eigenvalue weighted by Gasteiger charge is -2.29. The number of anilines is 3. The summed E-state index contributed by atoms with van der Waals surface area (Å²) in [6, 6.07) is 17.1. The number of carboxylic acid groups (broad SMARTS) is 1. The smallest absolute Gasteiger partial charge is 0.323 e. The van der Waals surface area contributed by atoms with Crippen molar-refractivity contribution in [3.05, 3.63) is 84.2 Å². The number of aromatic nitrogens is 1. The third-order valence-corrected chi connectivity index (χ3v) is 5.50. The van der Waals surface area contributed by atoms with Crippen LogP contribution in [0.1, 0.15) is 20.7 Å². The van der Waals surface area contributed by atoms with Gasteiger partial charge in [0.15, 0.2) is 0 Å². The minimum absolute atomic E-state index is 0.256. The van der Waals surface area contributed by atoms with Gasteiger partial charge in [-0.1, -0.05) is 0 Å². The van der Waals surface area contributed by atoms with Crippen LogP contribution >= 0.6 is 0 Å². The maximum atomic E-state index is 12.8. The number of nitrogens with one attached hydrogen (secondary N) is 2. The first-order chi connectivity index (χ1) is 16.5. The summed E-state index contributed by atoms with van der Waals surface area (Å²) in [5, 5.41) is 15.4. The Kier molecular flexibility index (Phi) is 7.14. The maximum Gasteiger partial charge on any atom is 0.323 e. The van der Waals surface area contributed by atoms with Crippen molar-refractivity contribution in [2.75, 3.05) is 47.8 Å². The molecule has 1 aliphatic rings. The first kappa shape index (κ1) is 22.9. The second-order valence-corrected chi connectivity index (χ2v) is 7.81. The number of hydrogen-bond donors (Lipinski definition) is 3. The lowest BCUT2D eigenvalue weighted by molar-refractivity contribution is -0.135. The zero-order valence-corrected chi connectivity index (χ0v) is 18.5. The largest absolute Gasteiger partial charge is 0.480 e. The molecule has 174 valence electrons. The average Bonchev–Trinajstić information content (AvgIpc) is 2.88. The van der Waals surface area contributed by atoms with Gasteiger partial charge in [-0.3, -0.25) is 24.3 Å². The Bertz CT molecular complexity index is 1140. The standard InChI is InChI=1S/C25H25N5O4/c31-23(32)17-30(25(34)19-2-1-11-27-16-19)22-9-5-20(6-10-22)28-24(33)18-3-7-21(8-4-18)29-14-12-26-13-15-29/h1-11,16,26H,12-15,17H2,(H,28,33)(H,31,32). The Labute approximate surface area is 197 Å². The normalized spacial score (nSPS) is 13.2. The predicted octanol–water partition coefficient (Wildman–Crippen LogP) is 2.47. The number of carboxylic acids is 1. The Balaban J connectivity index is 1.44. The summed E-state index contributed by atoms with van der Waals surface area (Å²) in [6.07, 6.45) is 2.92. The van der Waals surface area contributed by atoms with Gasteiger partial charge in [0, 0.05) is 61.2 Å². The number of nitrogens with zero attached hydrogens (tertiary/aromatic N) is 3. The van der Waals surface area contributed by atoms with Crippen molar-refractivity contribution in [1.82, 2.24) is 10.3 Å². The summed E-state index contributed by atoms with van der Waals surface area (Å²) >= 11 is 0. The van der Waals surface area contributed by atoms with E-state index in [9.17, 15) is 19.5 Å². The second-order valence-electron chi connectivity index (χ2n) is 7.81. The topological polar surface area (TPSA) is 115 Å². The fraction of sp³-hybridized carbons (Fsp3) is 0.200. The third kappa shape index (κ3) is 5.57. The molecule has 1 saturated heterocycles. The molecule has 2 aromatic carbocycles. The molecule has 1 aliphatic heterocycles. The Morgan fingerprint density at radius 2 is 1.68 bits per heavy atom. The van der Waals surface area contributed by atoms with Gasteiger partial charge in [0.2, 0.25) is 0 Å². The summed E-state index contributed by atoms with van der Waals surface area (Å²) in [5.74, 6) is -1.87. The SMILES string of the molecule is O=C(O)CN(C(=O)c1cccnc1)c1ccc(NC(=O)c2ccc(N3CCNCC3)cc2)cc1. The first-order valence-electron chi connectivity index (χ1n) is 10.9. The van der Waals surface area contributed by atoms with Crippen LogP contribution in [0.2, 0.25) is 0 Å². The number of rotatable bonds is 7. The van der Waals surface area contributed by atoms with Crippen LogP contribution in [-0.4, -0.2) is 60.6 Å². The molecular weight excluding hydrogens is 434 g/mol. The van der Waals surface area contributed by atoms with E-state index in [0.29, 0.717) is 16.9 Å². The fourth-order valence-electron chi connectivity index (χ4n) is 3.74. The average molecular weight is 460 g/mol. The summed E-state index contributed by atoms with van der Waals surface area (Å²) in [6.45, 7) is 3.24. The molecule has 0 unspecified atom stereocenters. The molecule has 3 N–H and O–H groups in total. The van der Waals surface area contributed by atoms with Gasteiger partial charge in [0.1, 0.15) is 6.54 Å². The van der Waals surface area contributed by atoms with E-state index in [-0.39, 0.29) is 11.5 Å². The van der Waals surface area contributed by atoms with Gasteiger partial charge in [0.05, 0.1) is 5.56 Å². The molecule has 34 heavy (non-hydrogen) atoms. The van der Waals surface area contributed by atoms with E-state index in [1.54, 1.807) is 48.5 Å². The number of carbonyl (C=O) groups is 3. The fourth-order valence-corrected chi connectivity index (χ4v) is 3.74. The van der Waals surface area contributed by atoms with Crippen LogP contribution < -0.4 is 20.4 Å². The number of carbonyl (C=O) groups excluding carboxylic acids is 2. The molecule has 9 heteroatoms. The first-order valence-corrected chi connectivity index (χ1v) is 10.9. The monoisotopic (exact) mass is 459 g/mol. The molecule has 0 saturated carbocycles. The van der Waals surface area contributed by atoms with Crippen LogP contribution in [0.25, 0.3) is 0 Å². The van der Waals surface area contributed by atoms with Crippen molar-refractivity contribution in [2.24, 2.45) is 0 Å². The van der Waals surface area contributed by atoms with Crippen LogP contribution in [-0.2, 0) is 4.79 Å². The lowest BCUT2D eigenvalue weighted by atomic mass is 10.1. The predicted molar refractivity (Wildman–Crippen MR) is 129 cm³/mol. The number of aliphatic carboxylic acids is 1. The van der Waals surface area contributed by atoms with Crippen molar-refractivity contribution in [3.63, 3.8) is 0 Å². The molecule has 0 bridgehead atoms. The maximum absolute atomic E-state index is 12.8. The van der Waals surface area contributed by atoms with E-state index in [2.05, 4.69) is 20.5 Å². The highest BCUT2D eigenvalue weighted by atomic mass is 16.4. The van der Waals surface area contributed by atoms with E-state index in [4.69, 9.17) is 0 Å². The summed E-state index contributed by atoms with van der Waals surface area (Å²) < 4.78 is 0. The number of hydrogen-bond acceptors (Lipinski definition) is 6. The van der Waals surface area contributed by atoms with Crippen molar-refractivity contribution in [2.45, 2.75) is 0 Å². The minimum Gasteiger partial charge on any atom is -0.480 e. The Morgan fingerprint density at radius 1 is 0.971 bits per heavy atom. The van der Waals surface area contributed by atoms with Crippen molar-refractivity contribution >= 4 is 34.8 Å². The molecule has 0 radical (unpaired) electrons. The Morgan fingerprint density at radius 3 is 2.29 bits per heavy atom. The quantitative estimate of drug-likeness (QED) is 0.497. The highest BCUT2D eigenvalue weighted by Gasteiger charge is 2.21. The van der Waals surface area contributed by atoms with E-state index in [0.717, 1.165) is 36.8 Å². The molecular formula is C25H25N5O4. The van der Waals surface area contributed by atoms with E-state index >= 15 is 0 Å². The summed E-state index contributed by atoms with van der Waals surface area (Å²) in [5.41, 5.74) is 2.82. The molecule has 0 atom stereocenters. The minimum atomic E-state index is -1.14. The van der Waals surface area contributed by atoms with Crippen molar-refractivity contribution in [1.29, 1.82) is 0 Å². The molecule has 0 aliphatic carbocycles. The Hall–Kier alpha value is -4.24. The number of amides is 2. The van der Waals surface area contributed by atoms with Crippen LogP contribution in [0.4, 0.5) is 17.1 Å². The molecule has 0 spiro atoms. The molecule has 1 aromatic heterocycles. The molecule has 2 amide bonds. The molecule has 4 rings (SSSR count). The van der Waals surface area contributed by atoms with Gasteiger partial charge in [-0.25, -0.2) is 0 Å². The van der Waals surface area contributed by atoms with E-state index < -0.39 is 18.4 Å². The highest BCUT2D eigenvalue weighted by molar-refractivity contribution is 6.08. The number of pyridine rings is 1. The van der Waals surface area contributed by atoms with Gasteiger partial charge < -0.3 is 20.6 Å². The van der Waals surface area contributed by atoms with Crippen molar-refractivity contribution < 1.29 is 19.5 Å². The second kappa shape index (κ2) is 10.6. The molecule has 3 aromatic rings. The van der Waals surface area contributed by atoms with Crippen LogP contribution in [0.15, 0.2) is 73.1 Å². The molecule has 2 heterocycles. The van der Waals surface area contributed by atoms with Crippen LogP contribution in [0.3, 0.4) is 0 Å². The zero-order valence-electron chi connectivity index (χ0n) is 18.5. The van der Waals surface area contributed by atoms with Crippen LogP contribution in [0, 0.1) is 0 Å². The summed E-state index contributed by atoms with van der Waals surface area (Å²) in [4.78, 5) is 44.2. The number of piperazine rings is 1. The lowest BCUT2D eigenvalue weighted by Crippen LogP contribution is -2.43. The number of benzene rings is 2. The van der Waals surface area contributed by atoms with E-state index in [1.165, 1.54) is 12.4 Å². The van der Waals surface area contributed by atoms with Gasteiger partial charge in [-0.15, -0.1) is 0 Å². The molecule has 9 nitrogen and oxygen atoms in total. The van der Waals surface area contributed by atoms with E-state index in [1.807, 2.05) is 12.1 Å². The van der Waals surface area contributed by atoms with Gasteiger partial charge >= 0.3 is 5.97 Å². The van der Waals surface area contributed by atoms with Gasteiger partial charge in [-0.2, -0.15) is 0 Å². The van der Waals surface area contributed by atoms with Gasteiger partial charge in [0.25, 0.3) is 11.8 Å². The molecule has 1 fully saturated rings. The van der Waals surface area contributed by atoms with Crippen LogP contribution in [0.5, 0.6) is 0 Å².